The zero-order valence-electron chi connectivity index (χ0n) is 17.1. The maximum Gasteiger partial charge on any atom is 0.260 e. The summed E-state index contributed by atoms with van der Waals surface area (Å²) in [6.45, 7) is 2.24. The summed E-state index contributed by atoms with van der Waals surface area (Å²) in [5.74, 6) is 1.61. The van der Waals surface area contributed by atoms with Gasteiger partial charge >= 0.3 is 0 Å². The quantitative estimate of drug-likeness (QED) is 0.491. The van der Waals surface area contributed by atoms with Gasteiger partial charge < -0.3 is 23.8 Å². The van der Waals surface area contributed by atoms with Crippen LogP contribution in [-0.4, -0.2) is 63.7 Å². The predicted octanol–water partition coefficient (Wildman–Crippen LogP) is 2.84. The molecule has 0 saturated carbocycles. The third kappa shape index (κ3) is 5.61. The largest absolute Gasteiger partial charge is 0.497 e. The third-order valence-corrected chi connectivity index (χ3v) is 4.72. The van der Waals surface area contributed by atoms with E-state index < -0.39 is 0 Å². The molecule has 0 unspecified atom stereocenters. The number of rotatable bonds is 8. The van der Waals surface area contributed by atoms with E-state index >= 15 is 0 Å². The molecule has 1 saturated heterocycles. The fourth-order valence-corrected chi connectivity index (χ4v) is 2.98. The number of carbonyl (C=O) groups excluding carboxylic acids is 2. The van der Waals surface area contributed by atoms with Crippen molar-refractivity contribution in [3.8, 4) is 17.2 Å². The molecule has 0 aromatic heterocycles. The Hall–Kier alpha value is -3.32. The Kier molecular flexibility index (Phi) is 7.45. The van der Waals surface area contributed by atoms with Crippen LogP contribution in [0.4, 0.5) is 0 Å². The second-order valence-corrected chi connectivity index (χ2v) is 6.61. The number of carbonyl (C=O) groups is 2. The van der Waals surface area contributed by atoms with E-state index in [2.05, 4.69) is 0 Å². The number of hydrogen-bond acceptors (Lipinski definition) is 6. The summed E-state index contributed by atoms with van der Waals surface area (Å²) in [6.07, 6.45) is 3.19. The molecule has 0 N–H and O–H groups in total. The van der Waals surface area contributed by atoms with Crippen LogP contribution in [0, 0.1) is 0 Å². The van der Waals surface area contributed by atoms with E-state index in [1.54, 1.807) is 61.6 Å². The molecule has 0 spiro atoms. The predicted molar refractivity (Wildman–Crippen MR) is 112 cm³/mol. The lowest BCUT2D eigenvalue weighted by molar-refractivity contribution is -0.137. The average molecular weight is 411 g/mol. The standard InChI is InChI=1S/C23H25NO6/c1-27-20-9-5-18(22(15-20)28-2)6-10-21(25)17-3-7-19(8-4-17)30-16-23(26)24-11-13-29-14-12-24/h3-10,15H,11-14,16H2,1-2H3/b10-6+. The second-order valence-electron chi connectivity index (χ2n) is 6.61. The van der Waals surface area contributed by atoms with Gasteiger partial charge in [-0.15, -0.1) is 0 Å². The van der Waals surface area contributed by atoms with Gasteiger partial charge in [0.25, 0.3) is 5.91 Å². The van der Waals surface area contributed by atoms with Gasteiger partial charge in [-0.1, -0.05) is 0 Å². The molecule has 2 aromatic carbocycles. The zero-order chi connectivity index (χ0) is 21.3. The van der Waals surface area contributed by atoms with Gasteiger partial charge in [-0.2, -0.15) is 0 Å². The first-order valence-electron chi connectivity index (χ1n) is 9.63. The van der Waals surface area contributed by atoms with Gasteiger partial charge in [-0.3, -0.25) is 9.59 Å². The van der Waals surface area contributed by atoms with Crippen LogP contribution in [0.15, 0.2) is 48.5 Å². The van der Waals surface area contributed by atoms with Crippen LogP contribution < -0.4 is 14.2 Å². The Bertz CT molecular complexity index is 900. The Morgan fingerprint density at radius 2 is 1.70 bits per heavy atom. The van der Waals surface area contributed by atoms with Crippen LogP contribution in [0.3, 0.4) is 0 Å². The number of benzene rings is 2. The third-order valence-electron chi connectivity index (χ3n) is 4.72. The zero-order valence-corrected chi connectivity index (χ0v) is 17.1. The fourth-order valence-electron chi connectivity index (χ4n) is 2.98. The molecule has 1 aliphatic rings. The van der Waals surface area contributed by atoms with Gasteiger partial charge in [0, 0.05) is 30.3 Å². The molecular formula is C23H25NO6. The van der Waals surface area contributed by atoms with Crippen molar-refractivity contribution in [1.29, 1.82) is 0 Å². The van der Waals surface area contributed by atoms with Crippen molar-refractivity contribution in [1.82, 2.24) is 4.90 Å². The van der Waals surface area contributed by atoms with Gasteiger partial charge in [-0.05, 0) is 48.6 Å². The highest BCUT2D eigenvalue weighted by Crippen LogP contribution is 2.25. The van der Waals surface area contributed by atoms with E-state index in [1.807, 2.05) is 6.07 Å². The number of ketones is 1. The van der Waals surface area contributed by atoms with Crippen molar-refractivity contribution in [3.63, 3.8) is 0 Å². The number of hydrogen-bond donors (Lipinski definition) is 0. The van der Waals surface area contributed by atoms with Gasteiger partial charge in [0.05, 0.1) is 27.4 Å². The topological polar surface area (TPSA) is 74.3 Å². The van der Waals surface area contributed by atoms with Gasteiger partial charge in [0.15, 0.2) is 12.4 Å². The van der Waals surface area contributed by atoms with Crippen molar-refractivity contribution < 1.29 is 28.5 Å². The maximum absolute atomic E-state index is 12.5. The van der Waals surface area contributed by atoms with Gasteiger partial charge in [0.2, 0.25) is 0 Å². The highest BCUT2D eigenvalue weighted by molar-refractivity contribution is 6.07. The molecule has 0 atom stereocenters. The summed E-state index contributed by atoms with van der Waals surface area (Å²) >= 11 is 0. The van der Waals surface area contributed by atoms with Crippen molar-refractivity contribution in [2.75, 3.05) is 47.1 Å². The molecule has 1 heterocycles. The highest BCUT2D eigenvalue weighted by atomic mass is 16.5. The molecule has 158 valence electrons. The molecule has 1 aliphatic heterocycles. The average Bonchev–Trinajstić information content (AvgIpc) is 2.81. The molecule has 1 amide bonds. The van der Waals surface area contributed by atoms with Crippen LogP contribution in [0.1, 0.15) is 15.9 Å². The van der Waals surface area contributed by atoms with Crippen LogP contribution in [0.2, 0.25) is 0 Å². The summed E-state index contributed by atoms with van der Waals surface area (Å²) in [7, 11) is 3.15. The summed E-state index contributed by atoms with van der Waals surface area (Å²) in [6, 6.07) is 12.1. The summed E-state index contributed by atoms with van der Waals surface area (Å²) in [5.41, 5.74) is 1.29. The molecule has 0 radical (unpaired) electrons. The maximum atomic E-state index is 12.5. The van der Waals surface area contributed by atoms with Crippen LogP contribution >= 0.6 is 0 Å². The van der Waals surface area contributed by atoms with Crippen molar-refractivity contribution in [2.45, 2.75) is 0 Å². The number of methoxy groups -OCH3 is 2. The van der Waals surface area contributed by atoms with Crippen LogP contribution in [0.5, 0.6) is 17.2 Å². The Balaban J connectivity index is 1.57. The smallest absolute Gasteiger partial charge is 0.260 e. The fraction of sp³-hybridized carbons (Fsp3) is 0.304. The first kappa shape index (κ1) is 21.4. The van der Waals surface area contributed by atoms with E-state index in [0.717, 1.165) is 5.56 Å². The lowest BCUT2D eigenvalue weighted by atomic mass is 10.1. The molecule has 7 heteroatoms. The molecule has 3 rings (SSSR count). The van der Waals surface area contributed by atoms with E-state index in [9.17, 15) is 9.59 Å². The van der Waals surface area contributed by atoms with Crippen molar-refractivity contribution >= 4 is 17.8 Å². The Morgan fingerprint density at radius 3 is 2.37 bits per heavy atom. The summed E-state index contributed by atoms with van der Waals surface area (Å²) in [4.78, 5) is 26.3. The molecule has 7 nitrogen and oxygen atoms in total. The normalized spacial score (nSPS) is 13.9. The number of allylic oxidation sites excluding steroid dienone is 1. The van der Waals surface area contributed by atoms with Crippen molar-refractivity contribution in [3.05, 3.63) is 59.7 Å². The van der Waals surface area contributed by atoms with Crippen LogP contribution in [0.25, 0.3) is 6.08 Å². The lowest BCUT2D eigenvalue weighted by Gasteiger charge is -2.26. The minimum absolute atomic E-state index is 0.0372. The van der Waals surface area contributed by atoms with Gasteiger partial charge in [-0.25, -0.2) is 0 Å². The number of morpholine rings is 1. The van der Waals surface area contributed by atoms with E-state index in [-0.39, 0.29) is 18.3 Å². The van der Waals surface area contributed by atoms with Crippen LogP contribution in [-0.2, 0) is 9.53 Å². The Morgan fingerprint density at radius 1 is 1.00 bits per heavy atom. The number of amides is 1. The molecule has 1 fully saturated rings. The van der Waals surface area contributed by atoms with E-state index in [1.165, 1.54) is 6.08 Å². The lowest BCUT2D eigenvalue weighted by Crippen LogP contribution is -2.42. The molecule has 30 heavy (non-hydrogen) atoms. The molecule has 0 bridgehead atoms. The molecular weight excluding hydrogens is 386 g/mol. The molecule has 2 aromatic rings. The first-order valence-corrected chi connectivity index (χ1v) is 9.63. The number of ether oxygens (including phenoxy) is 4. The highest BCUT2D eigenvalue weighted by Gasteiger charge is 2.17. The SMILES string of the molecule is COc1ccc(/C=C/C(=O)c2ccc(OCC(=O)N3CCOCC3)cc2)c(OC)c1. The minimum Gasteiger partial charge on any atom is -0.497 e. The number of nitrogens with zero attached hydrogens (tertiary/aromatic N) is 1. The molecule has 0 aliphatic carbocycles. The summed E-state index contributed by atoms with van der Waals surface area (Å²) in [5, 5.41) is 0. The minimum atomic E-state index is -0.149. The van der Waals surface area contributed by atoms with E-state index in [4.69, 9.17) is 18.9 Å². The Labute approximate surface area is 175 Å². The first-order chi connectivity index (χ1) is 14.6. The monoisotopic (exact) mass is 411 g/mol. The van der Waals surface area contributed by atoms with Gasteiger partial charge in [0.1, 0.15) is 17.2 Å². The summed E-state index contributed by atoms with van der Waals surface area (Å²) < 4.78 is 21.3. The van der Waals surface area contributed by atoms with Crippen molar-refractivity contribution in [2.24, 2.45) is 0 Å². The van der Waals surface area contributed by atoms with E-state index in [0.29, 0.717) is 49.1 Å². The second kappa shape index (κ2) is 10.5.